The van der Waals surface area contributed by atoms with Gasteiger partial charge in [-0.15, -0.1) is 0 Å². The highest BCUT2D eigenvalue weighted by Gasteiger charge is 2.35. The first-order valence-corrected chi connectivity index (χ1v) is 6.30. The van der Waals surface area contributed by atoms with Crippen LogP contribution in [0.2, 0.25) is 0 Å². The number of methoxy groups -OCH3 is 1. The molecule has 1 saturated heterocycles. The van der Waals surface area contributed by atoms with E-state index in [0.717, 1.165) is 30.2 Å². The molecule has 2 aromatic heterocycles. The van der Waals surface area contributed by atoms with Gasteiger partial charge in [0.2, 0.25) is 0 Å². The Balaban J connectivity index is 1.77. The number of ether oxygens (including phenoxy) is 1. The van der Waals surface area contributed by atoms with Gasteiger partial charge in [0.05, 0.1) is 24.4 Å². The molecule has 1 aliphatic rings. The molecule has 7 heteroatoms. The van der Waals surface area contributed by atoms with Crippen LogP contribution in [0.25, 0.3) is 0 Å². The molecule has 1 N–H and O–H groups in total. The molecule has 19 heavy (non-hydrogen) atoms. The van der Waals surface area contributed by atoms with Gasteiger partial charge in [-0.2, -0.15) is 5.10 Å². The van der Waals surface area contributed by atoms with Crippen LogP contribution >= 0.6 is 0 Å². The van der Waals surface area contributed by atoms with Gasteiger partial charge in [-0.05, 0) is 13.3 Å². The molecule has 0 aliphatic carbocycles. The molecule has 7 nitrogen and oxygen atoms in total. The van der Waals surface area contributed by atoms with E-state index in [-0.39, 0.29) is 12.1 Å². The van der Waals surface area contributed by atoms with Crippen LogP contribution in [0.1, 0.15) is 29.7 Å². The Labute approximate surface area is 110 Å². The van der Waals surface area contributed by atoms with Crippen molar-refractivity contribution in [2.24, 2.45) is 0 Å². The molecular formula is C12H17N5O2. The summed E-state index contributed by atoms with van der Waals surface area (Å²) in [6, 6.07) is 2.13. The second-order valence-corrected chi connectivity index (χ2v) is 4.84. The van der Waals surface area contributed by atoms with Gasteiger partial charge in [0.1, 0.15) is 12.2 Å². The molecule has 0 radical (unpaired) electrons. The van der Waals surface area contributed by atoms with E-state index < -0.39 is 0 Å². The molecule has 0 spiro atoms. The molecule has 2 atom stereocenters. The monoisotopic (exact) mass is 263 g/mol. The van der Waals surface area contributed by atoms with Crippen molar-refractivity contribution < 1.29 is 9.26 Å². The fourth-order valence-electron chi connectivity index (χ4n) is 2.56. The van der Waals surface area contributed by atoms with Gasteiger partial charge in [0.25, 0.3) is 0 Å². The van der Waals surface area contributed by atoms with E-state index in [4.69, 9.17) is 9.26 Å². The lowest BCUT2D eigenvalue weighted by Gasteiger charge is -2.20. The number of nitrogens with zero attached hydrogens (tertiary/aromatic N) is 4. The van der Waals surface area contributed by atoms with Gasteiger partial charge >= 0.3 is 0 Å². The van der Waals surface area contributed by atoms with Crippen LogP contribution in [-0.4, -0.2) is 45.0 Å². The summed E-state index contributed by atoms with van der Waals surface area (Å²) in [5.74, 6) is 1.73. The minimum absolute atomic E-state index is 0.179. The Morgan fingerprint density at radius 1 is 1.58 bits per heavy atom. The van der Waals surface area contributed by atoms with Gasteiger partial charge in [0, 0.05) is 19.7 Å². The maximum atomic E-state index is 5.46. The van der Waals surface area contributed by atoms with E-state index in [1.807, 2.05) is 13.0 Å². The fraction of sp³-hybridized carbons (Fsp3) is 0.583. The topological polar surface area (TPSA) is 80.1 Å². The first kappa shape index (κ1) is 12.3. The molecule has 0 bridgehead atoms. The van der Waals surface area contributed by atoms with Crippen LogP contribution < -0.4 is 0 Å². The third-order valence-corrected chi connectivity index (χ3v) is 3.48. The van der Waals surface area contributed by atoms with Crippen molar-refractivity contribution in [3.05, 3.63) is 29.7 Å². The smallest absolute Gasteiger partial charge is 0.150 e. The minimum Gasteiger partial charge on any atom is -0.380 e. The molecule has 0 amide bonds. The average Bonchev–Trinajstić information content (AvgIpc) is 3.10. The predicted molar refractivity (Wildman–Crippen MR) is 66.2 cm³/mol. The van der Waals surface area contributed by atoms with E-state index in [9.17, 15) is 0 Å². The number of aromatic amines is 1. The summed E-state index contributed by atoms with van der Waals surface area (Å²) in [6.07, 6.45) is 2.64. The normalized spacial score (nSPS) is 24.1. The molecule has 3 heterocycles. The number of likely N-dealkylation sites (tertiary alicyclic amines) is 1. The second-order valence-electron chi connectivity index (χ2n) is 4.84. The van der Waals surface area contributed by atoms with Gasteiger partial charge < -0.3 is 9.26 Å². The van der Waals surface area contributed by atoms with E-state index in [0.29, 0.717) is 6.54 Å². The van der Waals surface area contributed by atoms with Crippen LogP contribution in [0.5, 0.6) is 0 Å². The van der Waals surface area contributed by atoms with E-state index in [1.54, 1.807) is 7.11 Å². The largest absolute Gasteiger partial charge is 0.380 e. The number of hydrogen-bond acceptors (Lipinski definition) is 6. The average molecular weight is 263 g/mol. The Morgan fingerprint density at radius 3 is 3.11 bits per heavy atom. The summed E-state index contributed by atoms with van der Waals surface area (Å²) in [6.45, 7) is 3.47. The quantitative estimate of drug-likeness (QED) is 0.888. The van der Waals surface area contributed by atoms with Crippen molar-refractivity contribution in [1.82, 2.24) is 25.2 Å². The highest BCUT2D eigenvalue weighted by molar-refractivity contribution is 5.06. The lowest BCUT2D eigenvalue weighted by atomic mass is 10.2. The van der Waals surface area contributed by atoms with Crippen molar-refractivity contribution in [3.8, 4) is 0 Å². The zero-order chi connectivity index (χ0) is 13.2. The highest BCUT2D eigenvalue weighted by Crippen LogP contribution is 2.32. The van der Waals surface area contributed by atoms with Crippen molar-refractivity contribution in [2.45, 2.75) is 32.0 Å². The third-order valence-electron chi connectivity index (χ3n) is 3.48. The van der Waals surface area contributed by atoms with Crippen molar-refractivity contribution >= 4 is 0 Å². The summed E-state index contributed by atoms with van der Waals surface area (Å²) in [5.41, 5.74) is 0.897. The maximum absolute atomic E-state index is 5.46. The third kappa shape index (κ3) is 2.52. The number of aryl methyl sites for hydroxylation is 1. The molecule has 2 aromatic rings. The van der Waals surface area contributed by atoms with Crippen LogP contribution in [0.4, 0.5) is 0 Å². The molecule has 1 aliphatic heterocycles. The number of H-pyrrole nitrogens is 1. The summed E-state index contributed by atoms with van der Waals surface area (Å²) in [7, 11) is 1.74. The Hall–Kier alpha value is -1.73. The Bertz CT molecular complexity index is 524. The summed E-state index contributed by atoms with van der Waals surface area (Å²) < 4.78 is 10.7. The molecule has 102 valence electrons. The molecular weight excluding hydrogens is 246 g/mol. The number of rotatable bonds is 4. The summed E-state index contributed by atoms with van der Waals surface area (Å²) in [4.78, 5) is 6.53. The molecule has 0 unspecified atom stereocenters. The molecule has 3 rings (SSSR count). The SMILES string of the molecule is CO[C@@H]1C[C@@H](c2ncn[nH]2)N(Cc2cc(C)no2)C1. The molecule has 0 saturated carbocycles. The number of aromatic nitrogens is 4. The summed E-state index contributed by atoms with van der Waals surface area (Å²) >= 11 is 0. The minimum atomic E-state index is 0.179. The Kier molecular flexibility index (Phi) is 3.31. The number of hydrogen-bond donors (Lipinski definition) is 1. The Morgan fingerprint density at radius 2 is 2.47 bits per heavy atom. The van der Waals surface area contributed by atoms with Crippen LogP contribution in [0.3, 0.4) is 0 Å². The van der Waals surface area contributed by atoms with E-state index >= 15 is 0 Å². The van der Waals surface area contributed by atoms with Gasteiger partial charge in [-0.3, -0.25) is 10.00 Å². The zero-order valence-corrected chi connectivity index (χ0v) is 11.0. The van der Waals surface area contributed by atoms with Gasteiger partial charge in [-0.25, -0.2) is 4.98 Å². The summed E-state index contributed by atoms with van der Waals surface area (Å²) in [5, 5.41) is 10.8. The molecule has 0 aromatic carbocycles. The van der Waals surface area contributed by atoms with Crippen LogP contribution in [-0.2, 0) is 11.3 Å². The first-order chi connectivity index (χ1) is 9.26. The van der Waals surface area contributed by atoms with Gasteiger partial charge in [0.15, 0.2) is 5.76 Å². The van der Waals surface area contributed by atoms with Gasteiger partial charge in [-0.1, -0.05) is 5.16 Å². The highest BCUT2D eigenvalue weighted by atomic mass is 16.5. The molecule has 1 fully saturated rings. The van der Waals surface area contributed by atoms with E-state index in [2.05, 4.69) is 25.2 Å². The van der Waals surface area contributed by atoms with Crippen LogP contribution in [0, 0.1) is 6.92 Å². The van der Waals surface area contributed by atoms with Crippen molar-refractivity contribution in [1.29, 1.82) is 0 Å². The maximum Gasteiger partial charge on any atom is 0.150 e. The number of nitrogens with one attached hydrogen (secondary N) is 1. The standard InChI is InChI=1S/C12H17N5O2/c1-8-3-10(19-16-8)6-17-5-9(18-2)4-11(17)12-13-7-14-15-12/h3,7,9,11H,4-6H2,1-2H3,(H,13,14,15)/t9-,11+/m1/s1. The lowest BCUT2D eigenvalue weighted by molar-refractivity contribution is 0.105. The van der Waals surface area contributed by atoms with Crippen molar-refractivity contribution in [2.75, 3.05) is 13.7 Å². The predicted octanol–water partition coefficient (Wildman–Crippen LogP) is 1.06. The van der Waals surface area contributed by atoms with Crippen molar-refractivity contribution in [3.63, 3.8) is 0 Å². The second kappa shape index (κ2) is 5.10. The lowest BCUT2D eigenvalue weighted by Crippen LogP contribution is -2.25. The van der Waals surface area contributed by atoms with Crippen LogP contribution in [0.15, 0.2) is 16.9 Å². The van der Waals surface area contributed by atoms with E-state index in [1.165, 1.54) is 6.33 Å². The zero-order valence-electron chi connectivity index (χ0n) is 11.0. The first-order valence-electron chi connectivity index (χ1n) is 6.30. The fourth-order valence-corrected chi connectivity index (χ4v) is 2.56.